The van der Waals surface area contributed by atoms with E-state index >= 15 is 0 Å². The number of aromatic nitrogens is 3. The molecule has 1 atom stereocenters. The van der Waals surface area contributed by atoms with Gasteiger partial charge in [-0.15, -0.1) is 0 Å². The maximum absolute atomic E-state index is 12.5. The van der Waals surface area contributed by atoms with Gasteiger partial charge in [-0.05, 0) is 80.8 Å². The van der Waals surface area contributed by atoms with Crippen molar-refractivity contribution in [1.82, 2.24) is 25.2 Å². The maximum Gasteiger partial charge on any atom is 0.318 e. The molecule has 9 nitrogen and oxygen atoms in total. The van der Waals surface area contributed by atoms with Gasteiger partial charge in [0.05, 0.1) is 30.9 Å². The van der Waals surface area contributed by atoms with Gasteiger partial charge in [-0.1, -0.05) is 11.8 Å². The maximum atomic E-state index is 12.5. The lowest BCUT2D eigenvalue weighted by molar-refractivity contribution is 0.124. The number of nitrogens with zero attached hydrogens (tertiary/aromatic N) is 4. The van der Waals surface area contributed by atoms with Crippen LogP contribution in [0.5, 0.6) is 11.5 Å². The molecule has 1 unspecified atom stereocenters. The highest BCUT2D eigenvalue weighted by Crippen LogP contribution is 2.30. The minimum absolute atomic E-state index is 0.102. The highest BCUT2D eigenvalue weighted by molar-refractivity contribution is 5.91. The molecule has 5 rings (SSSR count). The van der Waals surface area contributed by atoms with E-state index in [2.05, 4.69) is 37.4 Å². The number of benzene rings is 2. The Hall–Kier alpha value is -4.68. The second-order valence-corrected chi connectivity index (χ2v) is 9.70. The SMILES string of the molecule is COCC1CCCN1C(=O)NCC#Cc1ccc2ncnc(Nc3ccc(Oc4ccc(C)nc4)c(C)c3)c2c1. The van der Waals surface area contributed by atoms with E-state index in [4.69, 9.17) is 9.47 Å². The monoisotopic (exact) mass is 536 g/mol. The zero-order valence-electron chi connectivity index (χ0n) is 22.9. The number of methoxy groups -OCH3 is 1. The quantitative estimate of drug-likeness (QED) is 0.307. The molecule has 3 heterocycles. The minimum atomic E-state index is -0.102. The van der Waals surface area contributed by atoms with Gasteiger partial charge in [0.25, 0.3) is 0 Å². The molecule has 0 radical (unpaired) electrons. The molecule has 0 bridgehead atoms. The molecule has 4 aromatic rings. The van der Waals surface area contributed by atoms with Crippen molar-refractivity contribution >= 4 is 28.4 Å². The van der Waals surface area contributed by atoms with Crippen LogP contribution < -0.4 is 15.4 Å². The number of carbonyl (C=O) groups is 1. The first-order chi connectivity index (χ1) is 19.5. The molecular formula is C31H32N6O3. The van der Waals surface area contributed by atoms with E-state index < -0.39 is 0 Å². The number of likely N-dealkylation sites (tertiary alicyclic amines) is 1. The van der Waals surface area contributed by atoms with Crippen molar-refractivity contribution in [3.63, 3.8) is 0 Å². The summed E-state index contributed by atoms with van der Waals surface area (Å²) in [5.41, 5.74) is 4.40. The van der Waals surface area contributed by atoms with E-state index in [0.717, 1.165) is 58.5 Å². The van der Waals surface area contributed by atoms with E-state index in [9.17, 15) is 4.79 Å². The Bertz CT molecular complexity index is 1560. The number of anilines is 2. The Morgan fingerprint density at radius 1 is 1.10 bits per heavy atom. The Balaban J connectivity index is 1.26. The Kier molecular flexibility index (Phi) is 8.38. The molecule has 1 aliphatic rings. The molecule has 0 spiro atoms. The van der Waals surface area contributed by atoms with Gasteiger partial charge in [0, 0.05) is 36.0 Å². The third-order valence-electron chi connectivity index (χ3n) is 6.74. The normalized spacial score (nSPS) is 14.5. The zero-order chi connectivity index (χ0) is 27.9. The minimum Gasteiger partial charge on any atom is -0.455 e. The lowest BCUT2D eigenvalue weighted by Crippen LogP contribution is -2.44. The van der Waals surface area contributed by atoms with Gasteiger partial charge in [0.1, 0.15) is 23.6 Å². The topological polar surface area (TPSA) is 102 Å². The number of hydrogen-bond acceptors (Lipinski definition) is 7. The molecule has 2 amide bonds. The average molecular weight is 537 g/mol. The van der Waals surface area contributed by atoms with Crippen LogP contribution in [-0.4, -0.2) is 58.7 Å². The van der Waals surface area contributed by atoms with Crippen molar-refractivity contribution in [2.24, 2.45) is 0 Å². The fourth-order valence-electron chi connectivity index (χ4n) is 4.69. The molecule has 2 aromatic heterocycles. The average Bonchev–Trinajstić information content (AvgIpc) is 3.42. The second-order valence-electron chi connectivity index (χ2n) is 9.70. The summed E-state index contributed by atoms with van der Waals surface area (Å²) in [7, 11) is 1.66. The number of aryl methyl sites for hydroxylation is 2. The van der Waals surface area contributed by atoms with Crippen molar-refractivity contribution in [1.29, 1.82) is 0 Å². The third-order valence-corrected chi connectivity index (χ3v) is 6.74. The number of hydrogen-bond donors (Lipinski definition) is 2. The van der Waals surface area contributed by atoms with Crippen LogP contribution in [0.1, 0.15) is 29.7 Å². The molecule has 0 saturated carbocycles. The van der Waals surface area contributed by atoms with E-state index in [1.54, 1.807) is 13.3 Å². The summed E-state index contributed by atoms with van der Waals surface area (Å²) in [6, 6.07) is 15.5. The van der Waals surface area contributed by atoms with Crippen LogP contribution >= 0.6 is 0 Å². The van der Waals surface area contributed by atoms with E-state index in [1.807, 2.05) is 67.3 Å². The number of rotatable bonds is 7. The molecule has 9 heteroatoms. The van der Waals surface area contributed by atoms with E-state index in [-0.39, 0.29) is 18.6 Å². The predicted octanol–water partition coefficient (Wildman–Crippen LogP) is 5.35. The van der Waals surface area contributed by atoms with Crippen molar-refractivity contribution in [2.45, 2.75) is 32.7 Å². The van der Waals surface area contributed by atoms with Crippen LogP contribution in [0, 0.1) is 25.7 Å². The largest absolute Gasteiger partial charge is 0.455 e. The number of fused-ring (bicyclic) bond motifs is 1. The Labute approximate surface area is 234 Å². The van der Waals surface area contributed by atoms with Gasteiger partial charge in [0.2, 0.25) is 0 Å². The van der Waals surface area contributed by atoms with Gasteiger partial charge in [-0.3, -0.25) is 4.98 Å². The fraction of sp³-hybridized carbons (Fsp3) is 0.290. The summed E-state index contributed by atoms with van der Waals surface area (Å²) in [5.74, 6) is 8.32. The van der Waals surface area contributed by atoms with Crippen molar-refractivity contribution in [3.05, 3.63) is 77.9 Å². The lowest BCUT2D eigenvalue weighted by Gasteiger charge is -2.23. The van der Waals surface area contributed by atoms with Gasteiger partial charge < -0.3 is 25.0 Å². The zero-order valence-corrected chi connectivity index (χ0v) is 22.9. The van der Waals surface area contributed by atoms with Crippen LogP contribution in [-0.2, 0) is 4.74 Å². The molecule has 1 aliphatic heterocycles. The second kappa shape index (κ2) is 12.5. The van der Waals surface area contributed by atoms with Crippen LogP contribution in [0.25, 0.3) is 10.9 Å². The smallest absolute Gasteiger partial charge is 0.318 e. The number of carbonyl (C=O) groups excluding carboxylic acids is 1. The molecule has 204 valence electrons. The van der Waals surface area contributed by atoms with Crippen LogP contribution in [0.3, 0.4) is 0 Å². The van der Waals surface area contributed by atoms with Crippen LogP contribution in [0.15, 0.2) is 61.1 Å². The summed E-state index contributed by atoms with van der Waals surface area (Å²) < 4.78 is 11.2. The first kappa shape index (κ1) is 26.9. The Morgan fingerprint density at radius 2 is 2.00 bits per heavy atom. The summed E-state index contributed by atoms with van der Waals surface area (Å²) in [5, 5.41) is 7.15. The first-order valence-corrected chi connectivity index (χ1v) is 13.3. The fourth-order valence-corrected chi connectivity index (χ4v) is 4.69. The molecule has 1 saturated heterocycles. The standard InChI is InChI=1S/C31H32N6O3/c1-21-16-24(10-13-29(21)40-26-11-8-22(2)33-18-26)36-30-27-17-23(9-12-28(27)34-20-35-30)6-4-14-32-31(38)37-15-5-7-25(37)19-39-3/h8-13,16-18,20,25H,5,7,14-15,19H2,1-3H3,(H,32,38)(H,34,35,36). The molecule has 40 heavy (non-hydrogen) atoms. The molecule has 1 fully saturated rings. The molecule has 0 aliphatic carbocycles. The van der Waals surface area contributed by atoms with E-state index in [1.165, 1.54) is 6.33 Å². The van der Waals surface area contributed by atoms with Crippen LogP contribution in [0.4, 0.5) is 16.3 Å². The Morgan fingerprint density at radius 3 is 2.80 bits per heavy atom. The van der Waals surface area contributed by atoms with Gasteiger partial charge in [-0.25, -0.2) is 14.8 Å². The molecule has 2 N–H and O–H groups in total. The number of nitrogens with one attached hydrogen (secondary N) is 2. The highest BCUT2D eigenvalue weighted by Gasteiger charge is 2.28. The van der Waals surface area contributed by atoms with Gasteiger partial charge in [0.15, 0.2) is 0 Å². The number of pyridine rings is 1. The summed E-state index contributed by atoms with van der Waals surface area (Å²) >= 11 is 0. The predicted molar refractivity (Wildman–Crippen MR) is 155 cm³/mol. The van der Waals surface area contributed by atoms with Crippen molar-refractivity contribution < 1.29 is 14.3 Å². The van der Waals surface area contributed by atoms with E-state index in [0.29, 0.717) is 18.2 Å². The van der Waals surface area contributed by atoms with Crippen molar-refractivity contribution in [3.8, 4) is 23.3 Å². The first-order valence-electron chi connectivity index (χ1n) is 13.3. The third kappa shape index (κ3) is 6.47. The lowest BCUT2D eigenvalue weighted by atomic mass is 10.1. The van der Waals surface area contributed by atoms with Gasteiger partial charge >= 0.3 is 6.03 Å². The molecular weight excluding hydrogens is 504 g/mol. The van der Waals surface area contributed by atoms with Gasteiger partial charge in [-0.2, -0.15) is 0 Å². The molecule has 2 aromatic carbocycles. The number of amides is 2. The number of urea groups is 1. The summed E-state index contributed by atoms with van der Waals surface area (Å²) in [6.07, 6.45) is 5.21. The summed E-state index contributed by atoms with van der Waals surface area (Å²) in [4.78, 5) is 27.5. The number of ether oxygens (including phenoxy) is 2. The highest BCUT2D eigenvalue weighted by atomic mass is 16.5. The summed E-state index contributed by atoms with van der Waals surface area (Å²) in [6.45, 7) is 5.49. The van der Waals surface area contributed by atoms with Crippen LogP contribution in [0.2, 0.25) is 0 Å². The van der Waals surface area contributed by atoms with Crippen molar-refractivity contribution in [2.75, 3.05) is 32.1 Å².